The number of halogens is 1. The standard InChI is InChI=1S/C25H17FN2O4/c26-18-10-3-2-9-17(18)22-21(23(29)20-13-15-7-1-4-11-19(15)32-20)24(30)25(31)28(22)14-16-8-5-6-12-27-16/h1-13,22,30H,14H2. The van der Waals surface area contributed by atoms with Crippen LogP contribution in [0, 0.1) is 5.82 Å². The van der Waals surface area contributed by atoms with Crippen molar-refractivity contribution in [3.05, 3.63) is 113 Å². The zero-order chi connectivity index (χ0) is 22.2. The number of nitrogens with zero attached hydrogens (tertiary/aromatic N) is 2. The fraction of sp³-hybridized carbons (Fsp3) is 0.0800. The summed E-state index contributed by atoms with van der Waals surface area (Å²) in [7, 11) is 0. The minimum Gasteiger partial charge on any atom is -0.503 e. The Labute approximate surface area is 182 Å². The fourth-order valence-corrected chi connectivity index (χ4v) is 3.96. The third-order valence-corrected chi connectivity index (χ3v) is 5.46. The number of hydrogen-bond acceptors (Lipinski definition) is 5. The van der Waals surface area contributed by atoms with Gasteiger partial charge in [-0.15, -0.1) is 0 Å². The second-order valence-electron chi connectivity index (χ2n) is 7.42. The molecule has 158 valence electrons. The van der Waals surface area contributed by atoms with Crippen LogP contribution in [0.15, 0.2) is 94.7 Å². The maximum atomic E-state index is 14.8. The van der Waals surface area contributed by atoms with Gasteiger partial charge in [0.25, 0.3) is 5.91 Å². The van der Waals surface area contributed by atoms with Crippen LogP contribution >= 0.6 is 0 Å². The van der Waals surface area contributed by atoms with Crippen molar-refractivity contribution in [1.82, 2.24) is 9.88 Å². The maximum Gasteiger partial charge on any atom is 0.290 e. The molecule has 6 nitrogen and oxygen atoms in total. The number of rotatable bonds is 5. The molecule has 1 aliphatic heterocycles. The van der Waals surface area contributed by atoms with Crippen LogP contribution in [0.25, 0.3) is 11.0 Å². The summed E-state index contributed by atoms with van der Waals surface area (Å²) in [5, 5.41) is 11.4. The summed E-state index contributed by atoms with van der Waals surface area (Å²) in [5.74, 6) is -2.81. The van der Waals surface area contributed by atoms with Gasteiger partial charge >= 0.3 is 0 Å². The van der Waals surface area contributed by atoms with Crippen LogP contribution < -0.4 is 0 Å². The third kappa shape index (κ3) is 3.24. The van der Waals surface area contributed by atoms with Gasteiger partial charge in [-0.3, -0.25) is 14.6 Å². The Morgan fingerprint density at radius 1 is 1.06 bits per heavy atom. The SMILES string of the molecule is O=C(C1=C(O)C(=O)N(Cc2ccccn2)C1c1ccccc1F)c1cc2ccccc2o1. The second-order valence-corrected chi connectivity index (χ2v) is 7.42. The second kappa shape index (κ2) is 7.77. The first-order valence-corrected chi connectivity index (χ1v) is 9.96. The minimum absolute atomic E-state index is 0.0142. The van der Waals surface area contributed by atoms with Crippen LogP contribution in [0.4, 0.5) is 4.39 Å². The summed E-state index contributed by atoms with van der Waals surface area (Å²) in [4.78, 5) is 31.9. The summed E-state index contributed by atoms with van der Waals surface area (Å²) in [6, 6.07) is 18.5. The van der Waals surface area contributed by atoms with Crippen LogP contribution in [0.3, 0.4) is 0 Å². The first kappa shape index (κ1) is 19.7. The van der Waals surface area contributed by atoms with Crippen molar-refractivity contribution in [2.24, 2.45) is 0 Å². The van der Waals surface area contributed by atoms with E-state index in [1.807, 2.05) is 0 Å². The maximum absolute atomic E-state index is 14.8. The molecule has 0 saturated carbocycles. The van der Waals surface area contributed by atoms with Crippen LogP contribution in [0.2, 0.25) is 0 Å². The van der Waals surface area contributed by atoms with E-state index in [0.29, 0.717) is 16.7 Å². The van der Waals surface area contributed by atoms with Gasteiger partial charge in [-0.25, -0.2) is 4.39 Å². The number of pyridine rings is 1. The number of aromatic nitrogens is 1. The van der Waals surface area contributed by atoms with Crippen molar-refractivity contribution in [3.63, 3.8) is 0 Å². The Balaban J connectivity index is 1.62. The molecule has 1 atom stereocenters. The van der Waals surface area contributed by atoms with E-state index < -0.39 is 29.3 Å². The molecule has 0 aliphatic carbocycles. The molecule has 0 radical (unpaired) electrons. The van der Waals surface area contributed by atoms with E-state index in [4.69, 9.17) is 4.42 Å². The third-order valence-electron chi connectivity index (χ3n) is 5.46. The molecular formula is C25H17FN2O4. The number of ketones is 1. The number of carbonyl (C=O) groups is 2. The lowest BCUT2D eigenvalue weighted by Crippen LogP contribution is -2.31. The van der Waals surface area contributed by atoms with Gasteiger partial charge in [0.2, 0.25) is 5.78 Å². The average molecular weight is 428 g/mol. The Kier molecular flexibility index (Phi) is 4.78. The van der Waals surface area contributed by atoms with Gasteiger partial charge in [0, 0.05) is 17.1 Å². The zero-order valence-electron chi connectivity index (χ0n) is 16.7. The summed E-state index contributed by atoms with van der Waals surface area (Å²) in [6.45, 7) is -0.0142. The summed E-state index contributed by atoms with van der Waals surface area (Å²) in [6.07, 6.45) is 1.57. The van der Waals surface area contributed by atoms with Crippen molar-refractivity contribution < 1.29 is 23.5 Å². The fourth-order valence-electron chi connectivity index (χ4n) is 3.96. The molecule has 1 aliphatic rings. The van der Waals surface area contributed by atoms with E-state index in [2.05, 4.69) is 4.98 Å². The van der Waals surface area contributed by atoms with E-state index >= 15 is 0 Å². The van der Waals surface area contributed by atoms with Crippen molar-refractivity contribution in [3.8, 4) is 0 Å². The highest BCUT2D eigenvalue weighted by molar-refractivity contribution is 6.16. The Morgan fingerprint density at radius 2 is 1.81 bits per heavy atom. The highest BCUT2D eigenvalue weighted by atomic mass is 19.1. The van der Waals surface area contributed by atoms with Crippen molar-refractivity contribution >= 4 is 22.7 Å². The first-order chi connectivity index (χ1) is 15.5. The van der Waals surface area contributed by atoms with E-state index in [9.17, 15) is 19.1 Å². The lowest BCUT2D eigenvalue weighted by Gasteiger charge is -2.26. The van der Waals surface area contributed by atoms with Crippen molar-refractivity contribution in [2.75, 3.05) is 0 Å². The molecule has 4 aromatic rings. The first-order valence-electron chi connectivity index (χ1n) is 9.96. The smallest absolute Gasteiger partial charge is 0.290 e. The van der Waals surface area contributed by atoms with Gasteiger partial charge in [-0.05, 0) is 30.3 Å². The quantitative estimate of drug-likeness (QED) is 0.464. The summed E-state index contributed by atoms with van der Waals surface area (Å²) in [5.41, 5.74) is 0.899. The van der Waals surface area contributed by atoms with Crippen LogP contribution in [-0.4, -0.2) is 26.7 Å². The minimum atomic E-state index is -1.13. The molecule has 1 amide bonds. The van der Waals surface area contributed by atoms with Gasteiger partial charge in [0.1, 0.15) is 11.4 Å². The number of hydrogen-bond donors (Lipinski definition) is 1. The van der Waals surface area contributed by atoms with Gasteiger partial charge < -0.3 is 14.4 Å². The molecule has 0 saturated heterocycles. The number of aliphatic hydroxyl groups excluding tert-OH is 1. The largest absolute Gasteiger partial charge is 0.503 e. The van der Waals surface area contributed by atoms with Crippen LogP contribution in [-0.2, 0) is 11.3 Å². The molecule has 7 heteroatoms. The predicted molar refractivity (Wildman–Crippen MR) is 114 cm³/mol. The number of carbonyl (C=O) groups excluding carboxylic acids is 2. The number of furan rings is 1. The predicted octanol–water partition coefficient (Wildman–Crippen LogP) is 4.75. The number of benzene rings is 2. The van der Waals surface area contributed by atoms with Crippen LogP contribution in [0.5, 0.6) is 0 Å². The molecule has 0 spiro atoms. The topological polar surface area (TPSA) is 83.6 Å². The molecular weight excluding hydrogens is 411 g/mol. The zero-order valence-corrected chi connectivity index (χ0v) is 16.7. The molecule has 2 aromatic carbocycles. The van der Waals surface area contributed by atoms with E-state index in [-0.39, 0.29) is 23.4 Å². The van der Waals surface area contributed by atoms with Gasteiger partial charge in [-0.2, -0.15) is 0 Å². The Bertz CT molecular complexity index is 1340. The van der Waals surface area contributed by atoms with Crippen molar-refractivity contribution in [1.29, 1.82) is 0 Å². The average Bonchev–Trinajstić information content (AvgIpc) is 3.35. The molecule has 5 rings (SSSR count). The lowest BCUT2D eigenvalue weighted by molar-refractivity contribution is -0.130. The Hall–Kier alpha value is -4.26. The summed E-state index contributed by atoms with van der Waals surface area (Å²) >= 11 is 0. The summed E-state index contributed by atoms with van der Waals surface area (Å²) < 4.78 is 20.5. The van der Waals surface area contributed by atoms with E-state index in [1.54, 1.807) is 60.8 Å². The molecule has 0 bridgehead atoms. The number of para-hydroxylation sites is 1. The monoisotopic (exact) mass is 428 g/mol. The van der Waals surface area contributed by atoms with E-state index in [1.165, 1.54) is 23.1 Å². The molecule has 3 heterocycles. The number of aliphatic hydroxyl groups is 1. The van der Waals surface area contributed by atoms with Gasteiger partial charge in [0.05, 0.1) is 23.9 Å². The van der Waals surface area contributed by atoms with Crippen LogP contribution in [0.1, 0.15) is 27.9 Å². The van der Waals surface area contributed by atoms with Gasteiger partial charge in [0.15, 0.2) is 11.5 Å². The van der Waals surface area contributed by atoms with E-state index in [0.717, 1.165) is 0 Å². The van der Waals surface area contributed by atoms with Gasteiger partial charge in [-0.1, -0.05) is 42.5 Å². The Morgan fingerprint density at radius 3 is 2.56 bits per heavy atom. The number of amides is 1. The molecule has 0 fully saturated rings. The normalized spacial score (nSPS) is 16.2. The van der Waals surface area contributed by atoms with Crippen molar-refractivity contribution in [2.45, 2.75) is 12.6 Å². The lowest BCUT2D eigenvalue weighted by atomic mass is 9.94. The molecule has 2 aromatic heterocycles. The molecule has 1 N–H and O–H groups in total. The highest BCUT2D eigenvalue weighted by Crippen LogP contribution is 2.41. The number of Topliss-reactive ketones (excluding diaryl/α,β-unsaturated/α-hetero) is 1. The number of fused-ring (bicyclic) bond motifs is 1. The highest BCUT2D eigenvalue weighted by Gasteiger charge is 2.45. The molecule has 32 heavy (non-hydrogen) atoms. The molecule has 1 unspecified atom stereocenters.